The van der Waals surface area contributed by atoms with Gasteiger partial charge in [-0.2, -0.15) is 4.68 Å². The third-order valence-corrected chi connectivity index (χ3v) is 8.18. The molecular weight excluding hydrogens is 619 g/mol. The number of pyridine rings is 1. The van der Waals surface area contributed by atoms with Crippen LogP contribution in [-0.2, 0) is 20.8 Å². The Hall–Kier alpha value is -5.50. The Morgan fingerprint density at radius 3 is 2.57 bits per heavy atom. The van der Waals surface area contributed by atoms with E-state index in [1.807, 2.05) is 0 Å². The van der Waals surface area contributed by atoms with Gasteiger partial charge in [-0.1, -0.05) is 11.6 Å². The predicted octanol–water partition coefficient (Wildman–Crippen LogP) is 3.84. The standard InChI is InChI=1S/C31H26ClFN8O5/c32-23-9-10-24(41-17-35-37-38-41)22(27(23)33)8-11-26(43)39-16-13-21-20(12-14-34-29(21)40-15-2-1-3-25(40)42)28(39)30(44)36-19-6-4-18(5-7-19)31(45)46/h4-12,14,17,28H,1-3,13,15-16H2,(H,36,44)(H,45,46)/b11-8+. The van der Waals surface area contributed by atoms with Gasteiger partial charge in [0, 0.05) is 48.6 Å². The van der Waals surface area contributed by atoms with Crippen LogP contribution in [0.3, 0.4) is 0 Å². The molecule has 3 amide bonds. The van der Waals surface area contributed by atoms with E-state index in [-0.39, 0.29) is 34.3 Å². The van der Waals surface area contributed by atoms with E-state index in [4.69, 9.17) is 11.6 Å². The Morgan fingerprint density at radius 2 is 1.85 bits per heavy atom. The Morgan fingerprint density at radius 1 is 1.04 bits per heavy atom. The minimum atomic E-state index is -1.16. The molecule has 4 aromatic rings. The first-order chi connectivity index (χ1) is 22.2. The predicted molar refractivity (Wildman–Crippen MR) is 164 cm³/mol. The average Bonchev–Trinajstić information content (AvgIpc) is 3.60. The minimum Gasteiger partial charge on any atom is -0.478 e. The number of anilines is 2. The fraction of sp³-hybridized carbons (Fsp3) is 0.226. The Balaban J connectivity index is 1.37. The normalized spacial score (nSPS) is 16.4. The number of tetrazole rings is 1. The second-order valence-electron chi connectivity index (χ2n) is 10.6. The van der Waals surface area contributed by atoms with Crippen molar-refractivity contribution in [3.63, 3.8) is 0 Å². The zero-order valence-electron chi connectivity index (χ0n) is 24.1. The van der Waals surface area contributed by atoms with E-state index in [1.54, 1.807) is 11.0 Å². The maximum absolute atomic E-state index is 15.2. The van der Waals surface area contributed by atoms with E-state index in [2.05, 4.69) is 25.8 Å². The molecule has 1 fully saturated rings. The number of nitrogens with zero attached hydrogens (tertiary/aromatic N) is 7. The lowest BCUT2D eigenvalue weighted by Crippen LogP contribution is -2.46. The highest BCUT2D eigenvalue weighted by Gasteiger charge is 2.38. The number of amides is 3. The molecule has 0 aliphatic carbocycles. The number of aromatic nitrogens is 5. The number of aromatic carboxylic acids is 1. The number of carbonyl (C=O) groups is 4. The summed E-state index contributed by atoms with van der Waals surface area (Å²) in [4.78, 5) is 59.3. The molecule has 1 unspecified atom stereocenters. The van der Waals surface area contributed by atoms with E-state index in [1.165, 1.54) is 64.6 Å². The quantitative estimate of drug-likeness (QED) is 0.285. The van der Waals surface area contributed by atoms with Crippen molar-refractivity contribution < 1.29 is 28.7 Å². The summed E-state index contributed by atoms with van der Waals surface area (Å²) in [5.41, 5.74) is 1.71. The maximum atomic E-state index is 15.2. The Labute approximate surface area is 266 Å². The first-order valence-electron chi connectivity index (χ1n) is 14.4. The molecule has 1 atom stereocenters. The van der Waals surface area contributed by atoms with Gasteiger partial charge in [0.2, 0.25) is 11.8 Å². The summed E-state index contributed by atoms with van der Waals surface area (Å²) in [7, 11) is 0. The average molecular weight is 645 g/mol. The van der Waals surface area contributed by atoms with Gasteiger partial charge in [-0.25, -0.2) is 14.2 Å². The van der Waals surface area contributed by atoms with Crippen LogP contribution in [0.2, 0.25) is 5.02 Å². The molecule has 0 radical (unpaired) electrons. The third kappa shape index (κ3) is 5.94. The van der Waals surface area contributed by atoms with Crippen molar-refractivity contribution in [2.75, 3.05) is 23.3 Å². The number of carboxylic acids is 1. The van der Waals surface area contributed by atoms with Crippen LogP contribution in [-0.4, -0.2) is 72.0 Å². The van der Waals surface area contributed by atoms with Gasteiger partial charge >= 0.3 is 5.97 Å². The molecule has 13 nitrogen and oxygen atoms in total. The van der Waals surface area contributed by atoms with E-state index in [9.17, 15) is 24.3 Å². The molecule has 0 bridgehead atoms. The molecule has 2 aromatic carbocycles. The van der Waals surface area contributed by atoms with Crippen LogP contribution in [0.15, 0.2) is 61.1 Å². The van der Waals surface area contributed by atoms with E-state index < -0.39 is 29.6 Å². The van der Waals surface area contributed by atoms with E-state index in [0.29, 0.717) is 42.0 Å². The second kappa shape index (κ2) is 12.9. The van der Waals surface area contributed by atoms with Crippen molar-refractivity contribution >= 4 is 52.9 Å². The number of carbonyl (C=O) groups excluding carboxylic acids is 3. The van der Waals surface area contributed by atoms with E-state index >= 15 is 4.39 Å². The van der Waals surface area contributed by atoms with Gasteiger partial charge < -0.3 is 15.3 Å². The lowest BCUT2D eigenvalue weighted by molar-refractivity contribution is -0.135. The number of hydrogen-bond donors (Lipinski definition) is 2. The molecule has 2 aromatic heterocycles. The number of carboxylic acid groups (broad SMARTS) is 1. The summed E-state index contributed by atoms with van der Waals surface area (Å²) in [6.07, 6.45) is 7.46. The molecule has 234 valence electrons. The smallest absolute Gasteiger partial charge is 0.335 e. The Bertz CT molecular complexity index is 1870. The van der Waals surface area contributed by atoms with Gasteiger partial charge in [-0.15, -0.1) is 5.10 Å². The number of nitrogens with one attached hydrogen (secondary N) is 1. The molecule has 2 aliphatic heterocycles. The van der Waals surface area contributed by atoms with Crippen LogP contribution in [0.1, 0.15) is 52.4 Å². The maximum Gasteiger partial charge on any atom is 0.335 e. The van der Waals surface area contributed by atoms with Crippen molar-refractivity contribution in [1.29, 1.82) is 0 Å². The number of rotatable bonds is 7. The second-order valence-corrected chi connectivity index (χ2v) is 11.0. The molecule has 6 rings (SSSR count). The largest absolute Gasteiger partial charge is 0.478 e. The highest BCUT2D eigenvalue weighted by molar-refractivity contribution is 6.31. The summed E-state index contributed by atoms with van der Waals surface area (Å²) in [5, 5.41) is 22.8. The minimum absolute atomic E-state index is 0.0409. The van der Waals surface area contributed by atoms with Crippen LogP contribution in [0.4, 0.5) is 15.9 Å². The molecule has 2 N–H and O–H groups in total. The zero-order valence-corrected chi connectivity index (χ0v) is 24.9. The molecular formula is C31H26ClFN8O5. The van der Waals surface area contributed by atoms with Gasteiger partial charge in [0.05, 0.1) is 16.3 Å². The van der Waals surface area contributed by atoms with Crippen molar-refractivity contribution in [1.82, 2.24) is 30.1 Å². The first-order valence-corrected chi connectivity index (χ1v) is 14.7. The molecule has 2 aliphatic rings. The van der Waals surface area contributed by atoms with Crippen molar-refractivity contribution in [2.24, 2.45) is 0 Å². The number of benzene rings is 2. The van der Waals surface area contributed by atoms with Crippen LogP contribution in [0, 0.1) is 5.82 Å². The highest BCUT2D eigenvalue weighted by Crippen LogP contribution is 2.37. The topological polar surface area (TPSA) is 164 Å². The fourth-order valence-electron chi connectivity index (χ4n) is 5.66. The highest BCUT2D eigenvalue weighted by atomic mass is 35.5. The molecule has 1 saturated heterocycles. The van der Waals surface area contributed by atoms with Gasteiger partial charge in [0.1, 0.15) is 18.2 Å². The lowest BCUT2D eigenvalue weighted by atomic mass is 9.91. The van der Waals surface area contributed by atoms with Gasteiger partial charge in [-0.05, 0) is 83.8 Å². The van der Waals surface area contributed by atoms with Gasteiger partial charge in [-0.3, -0.25) is 19.3 Å². The Kier molecular flexibility index (Phi) is 8.53. The van der Waals surface area contributed by atoms with E-state index in [0.717, 1.165) is 18.9 Å². The monoisotopic (exact) mass is 644 g/mol. The van der Waals surface area contributed by atoms with Crippen LogP contribution < -0.4 is 10.2 Å². The molecule has 0 spiro atoms. The summed E-state index contributed by atoms with van der Waals surface area (Å²) < 4.78 is 16.4. The lowest BCUT2D eigenvalue weighted by Gasteiger charge is -2.38. The van der Waals surface area contributed by atoms with Gasteiger partial charge in [0.25, 0.3) is 5.91 Å². The number of fused-ring (bicyclic) bond motifs is 1. The third-order valence-electron chi connectivity index (χ3n) is 7.89. The van der Waals surface area contributed by atoms with Crippen LogP contribution in [0.5, 0.6) is 0 Å². The molecule has 4 heterocycles. The summed E-state index contributed by atoms with van der Waals surface area (Å²) in [6, 6.07) is 8.93. The van der Waals surface area contributed by atoms with Crippen molar-refractivity contribution in [3.05, 3.63) is 94.2 Å². The molecule has 46 heavy (non-hydrogen) atoms. The van der Waals surface area contributed by atoms with Crippen LogP contribution in [0.25, 0.3) is 11.8 Å². The number of hydrogen-bond acceptors (Lipinski definition) is 8. The van der Waals surface area contributed by atoms with Crippen molar-refractivity contribution in [3.8, 4) is 5.69 Å². The zero-order chi connectivity index (χ0) is 32.4. The SMILES string of the molecule is O=C(O)c1ccc(NC(=O)C2c3ccnc(N4CCCCC4=O)c3CCN2C(=O)/C=C/c2c(-n3cnnn3)ccc(Cl)c2F)cc1. The van der Waals surface area contributed by atoms with Gasteiger partial charge in [0.15, 0.2) is 5.82 Å². The summed E-state index contributed by atoms with van der Waals surface area (Å²) >= 11 is 6.04. The summed E-state index contributed by atoms with van der Waals surface area (Å²) in [6.45, 7) is 0.583. The van der Waals surface area contributed by atoms with Crippen LogP contribution >= 0.6 is 11.6 Å². The first kappa shape index (κ1) is 30.5. The molecule has 15 heteroatoms. The molecule has 0 saturated carbocycles. The number of halogens is 2. The fourth-order valence-corrected chi connectivity index (χ4v) is 5.83. The summed E-state index contributed by atoms with van der Waals surface area (Å²) in [5.74, 6) is -2.67. The van der Waals surface area contributed by atoms with Crippen molar-refractivity contribution in [2.45, 2.75) is 31.7 Å². The number of piperidine rings is 1.